The van der Waals surface area contributed by atoms with Gasteiger partial charge in [-0.2, -0.15) is 9.97 Å². The van der Waals surface area contributed by atoms with Crippen LogP contribution < -0.4 is 0 Å². The first-order chi connectivity index (χ1) is 26.3. The standard InChI is InChI=1S/C49H32N4/c1-3-15-33(16-4-1)36-21-11-23-38(31-36)47-50-48(52-49(51-47)53-44-29-9-7-25-42(44)43-26-8-10-30-45(43)53)39-24-12-22-37(32-39)41-28-14-20-35-19-13-27-40(46(35)41)34-17-5-2-6-18-34/h1-32H. The third-order valence-electron chi connectivity index (χ3n) is 10.1. The Kier molecular flexibility index (Phi) is 7.43. The average molecular weight is 677 g/mol. The van der Waals surface area contributed by atoms with E-state index < -0.39 is 0 Å². The molecule has 0 aliphatic heterocycles. The quantitative estimate of drug-likeness (QED) is 0.176. The fourth-order valence-electron chi connectivity index (χ4n) is 7.60. The summed E-state index contributed by atoms with van der Waals surface area (Å²) < 4.78 is 2.17. The molecule has 0 atom stereocenters. The molecule has 8 aromatic carbocycles. The lowest BCUT2D eigenvalue weighted by atomic mass is 9.91. The van der Waals surface area contributed by atoms with Gasteiger partial charge in [-0.1, -0.05) is 170 Å². The minimum atomic E-state index is 0.578. The summed E-state index contributed by atoms with van der Waals surface area (Å²) in [6, 6.07) is 68.1. The summed E-state index contributed by atoms with van der Waals surface area (Å²) in [5.41, 5.74) is 10.9. The number of hydrogen-bond acceptors (Lipinski definition) is 3. The second-order valence-corrected chi connectivity index (χ2v) is 13.3. The first-order valence-corrected chi connectivity index (χ1v) is 17.9. The second kappa shape index (κ2) is 12.9. The lowest BCUT2D eigenvalue weighted by Crippen LogP contribution is -2.06. The van der Waals surface area contributed by atoms with Crippen molar-refractivity contribution in [1.29, 1.82) is 0 Å². The molecule has 0 bridgehead atoms. The van der Waals surface area contributed by atoms with E-state index in [1.54, 1.807) is 0 Å². The van der Waals surface area contributed by atoms with Crippen molar-refractivity contribution < 1.29 is 0 Å². The van der Waals surface area contributed by atoms with Crippen LogP contribution in [0.15, 0.2) is 194 Å². The van der Waals surface area contributed by atoms with Gasteiger partial charge in [0.2, 0.25) is 5.95 Å². The van der Waals surface area contributed by atoms with Gasteiger partial charge >= 0.3 is 0 Å². The van der Waals surface area contributed by atoms with Gasteiger partial charge in [-0.3, -0.25) is 4.57 Å². The molecule has 0 saturated carbocycles. The highest BCUT2D eigenvalue weighted by atomic mass is 15.2. The van der Waals surface area contributed by atoms with Crippen LogP contribution in [-0.4, -0.2) is 19.5 Å². The SMILES string of the molecule is c1ccc(-c2cccc(-c3nc(-c4cccc(-c5cccc6cccc(-c7ccccc7)c56)c4)nc(-n4c5ccccc5c5ccccc54)n3)c2)cc1. The molecular weight excluding hydrogens is 645 g/mol. The summed E-state index contributed by atoms with van der Waals surface area (Å²) in [6.45, 7) is 0. The van der Waals surface area contributed by atoms with Gasteiger partial charge in [0.1, 0.15) is 0 Å². The molecule has 10 rings (SSSR count). The maximum Gasteiger partial charge on any atom is 0.238 e. The van der Waals surface area contributed by atoms with Crippen molar-refractivity contribution in [3.63, 3.8) is 0 Å². The Balaban J connectivity index is 1.19. The van der Waals surface area contributed by atoms with Crippen LogP contribution in [0.25, 0.3) is 94.7 Å². The Hall–Kier alpha value is -7.17. The molecule has 0 fully saturated rings. The first-order valence-electron chi connectivity index (χ1n) is 17.9. The van der Waals surface area contributed by atoms with Crippen molar-refractivity contribution in [1.82, 2.24) is 19.5 Å². The summed E-state index contributed by atoms with van der Waals surface area (Å²) >= 11 is 0. The van der Waals surface area contributed by atoms with Gasteiger partial charge < -0.3 is 0 Å². The van der Waals surface area contributed by atoms with E-state index in [-0.39, 0.29) is 0 Å². The van der Waals surface area contributed by atoms with Crippen molar-refractivity contribution in [2.24, 2.45) is 0 Å². The molecule has 0 spiro atoms. The van der Waals surface area contributed by atoms with E-state index in [9.17, 15) is 0 Å². The van der Waals surface area contributed by atoms with E-state index in [0.29, 0.717) is 17.6 Å². The highest BCUT2D eigenvalue weighted by Crippen LogP contribution is 2.38. The maximum atomic E-state index is 5.26. The summed E-state index contributed by atoms with van der Waals surface area (Å²) in [5, 5.41) is 4.73. The number of benzene rings is 8. The van der Waals surface area contributed by atoms with E-state index in [0.717, 1.165) is 55.2 Å². The van der Waals surface area contributed by atoms with Crippen LogP contribution in [0, 0.1) is 0 Å². The smallest absolute Gasteiger partial charge is 0.238 e. The average Bonchev–Trinajstić information content (AvgIpc) is 3.58. The van der Waals surface area contributed by atoms with Gasteiger partial charge in [0, 0.05) is 21.9 Å². The molecule has 53 heavy (non-hydrogen) atoms. The molecule has 10 aromatic rings. The molecule has 0 radical (unpaired) electrons. The molecule has 0 aliphatic carbocycles. The topological polar surface area (TPSA) is 43.6 Å². The van der Waals surface area contributed by atoms with Crippen LogP contribution in [0.4, 0.5) is 0 Å². The summed E-state index contributed by atoms with van der Waals surface area (Å²) in [4.78, 5) is 15.7. The van der Waals surface area contributed by atoms with E-state index in [4.69, 9.17) is 15.0 Å². The summed E-state index contributed by atoms with van der Waals surface area (Å²) in [7, 11) is 0. The van der Waals surface area contributed by atoms with Crippen LogP contribution in [-0.2, 0) is 0 Å². The third-order valence-corrected chi connectivity index (χ3v) is 10.1. The fraction of sp³-hybridized carbons (Fsp3) is 0. The molecule has 0 aliphatic rings. The van der Waals surface area contributed by atoms with Crippen molar-refractivity contribution in [3.05, 3.63) is 194 Å². The van der Waals surface area contributed by atoms with E-state index in [1.165, 1.54) is 21.9 Å². The van der Waals surface area contributed by atoms with Crippen LogP contribution in [0.1, 0.15) is 0 Å². The highest BCUT2D eigenvalue weighted by Gasteiger charge is 2.19. The van der Waals surface area contributed by atoms with Gasteiger partial charge in [-0.05, 0) is 68.4 Å². The highest BCUT2D eigenvalue weighted by molar-refractivity contribution is 6.09. The van der Waals surface area contributed by atoms with E-state index in [2.05, 4.69) is 193 Å². The predicted molar refractivity (Wildman–Crippen MR) is 219 cm³/mol. The minimum Gasteiger partial charge on any atom is -0.278 e. The van der Waals surface area contributed by atoms with E-state index >= 15 is 0 Å². The van der Waals surface area contributed by atoms with Crippen LogP contribution in [0.2, 0.25) is 0 Å². The molecule has 0 amide bonds. The predicted octanol–water partition coefficient (Wildman–Crippen LogP) is 12.5. The molecule has 4 nitrogen and oxygen atoms in total. The van der Waals surface area contributed by atoms with Gasteiger partial charge in [0.25, 0.3) is 0 Å². The van der Waals surface area contributed by atoms with Crippen molar-refractivity contribution >= 4 is 32.6 Å². The Morgan fingerprint density at radius 3 is 1.40 bits per heavy atom. The van der Waals surface area contributed by atoms with Crippen LogP contribution in [0.3, 0.4) is 0 Å². The number of aromatic nitrogens is 4. The van der Waals surface area contributed by atoms with Gasteiger partial charge in [-0.25, -0.2) is 4.98 Å². The lowest BCUT2D eigenvalue weighted by molar-refractivity contribution is 0.953. The van der Waals surface area contributed by atoms with Gasteiger partial charge in [-0.15, -0.1) is 0 Å². The number of fused-ring (bicyclic) bond motifs is 4. The summed E-state index contributed by atoms with van der Waals surface area (Å²) in [5.74, 6) is 1.81. The second-order valence-electron chi connectivity index (χ2n) is 13.3. The Morgan fingerprint density at radius 2 is 0.774 bits per heavy atom. The van der Waals surface area contributed by atoms with Gasteiger partial charge in [0.05, 0.1) is 11.0 Å². The van der Waals surface area contributed by atoms with Crippen LogP contribution in [0.5, 0.6) is 0 Å². The number of hydrogen-bond donors (Lipinski definition) is 0. The molecular formula is C49H32N4. The normalized spacial score (nSPS) is 11.4. The zero-order valence-corrected chi connectivity index (χ0v) is 28.8. The molecule has 2 aromatic heterocycles. The monoisotopic (exact) mass is 676 g/mol. The van der Waals surface area contributed by atoms with Gasteiger partial charge in [0.15, 0.2) is 11.6 Å². The minimum absolute atomic E-state index is 0.578. The van der Waals surface area contributed by atoms with Crippen molar-refractivity contribution in [3.8, 4) is 62.1 Å². The molecule has 248 valence electrons. The largest absolute Gasteiger partial charge is 0.278 e. The molecule has 4 heteroatoms. The number of rotatable bonds is 6. The molecule has 0 saturated heterocycles. The van der Waals surface area contributed by atoms with Crippen molar-refractivity contribution in [2.45, 2.75) is 0 Å². The van der Waals surface area contributed by atoms with Crippen molar-refractivity contribution in [2.75, 3.05) is 0 Å². The zero-order chi connectivity index (χ0) is 35.1. The molecule has 0 N–H and O–H groups in total. The molecule has 2 heterocycles. The molecule has 0 unspecified atom stereocenters. The Labute approximate surface area is 307 Å². The fourth-order valence-corrected chi connectivity index (χ4v) is 7.60. The van der Waals surface area contributed by atoms with E-state index in [1.807, 2.05) is 6.07 Å². The Morgan fingerprint density at radius 1 is 0.321 bits per heavy atom. The number of nitrogens with zero attached hydrogens (tertiary/aromatic N) is 4. The third kappa shape index (κ3) is 5.45. The summed E-state index contributed by atoms with van der Waals surface area (Å²) in [6.07, 6.45) is 0. The number of para-hydroxylation sites is 2. The zero-order valence-electron chi connectivity index (χ0n) is 28.8. The van der Waals surface area contributed by atoms with Crippen LogP contribution >= 0.6 is 0 Å². The lowest BCUT2D eigenvalue weighted by Gasteiger charge is -2.14. The maximum absolute atomic E-state index is 5.26. The first kappa shape index (κ1) is 30.6. The Bertz CT molecular complexity index is 2890.